The quantitative estimate of drug-likeness (QED) is 0.283. The lowest BCUT2D eigenvalue weighted by atomic mass is 10.2. The average Bonchev–Trinajstić information content (AvgIpc) is 2.67. The largest absolute Gasteiger partial charge is 1.00 e. The van der Waals surface area contributed by atoms with Crippen LogP contribution >= 0.6 is 32.4 Å². The Balaban J connectivity index is 0.000000980. The van der Waals surface area contributed by atoms with Gasteiger partial charge in [-0.25, -0.2) is 4.58 Å². The van der Waals surface area contributed by atoms with Crippen LogP contribution in [0.25, 0.3) is 0 Å². The molecule has 0 saturated carbocycles. The Bertz CT molecular complexity index is 334. The van der Waals surface area contributed by atoms with Crippen LogP contribution in [0.5, 0.6) is 0 Å². The van der Waals surface area contributed by atoms with Crippen molar-refractivity contribution in [1.82, 2.24) is 4.58 Å². The highest BCUT2D eigenvalue weighted by Gasteiger charge is 2.12. The molecule has 1 aromatic rings. The van der Waals surface area contributed by atoms with Gasteiger partial charge in [-0.1, -0.05) is 10.3 Å². The molecule has 1 fully saturated rings. The van der Waals surface area contributed by atoms with Crippen LogP contribution in [0.15, 0.2) is 10.3 Å². The molecule has 0 unspecified atom stereocenters. The summed E-state index contributed by atoms with van der Waals surface area (Å²) >= 11 is 1.86. The minimum absolute atomic E-state index is 0. The standard InChI is InChI=1S/C9H14NS3.HI/c1-11-9-7-8(12-13-9)10-5-3-2-4-6-10;/h7H,2-6H2,1H3;1H/q+1;/p-1. The molecule has 0 radical (unpaired) electrons. The van der Waals surface area contributed by atoms with Gasteiger partial charge < -0.3 is 24.0 Å². The number of piperidine rings is 1. The van der Waals surface area contributed by atoms with Gasteiger partial charge in [0.15, 0.2) is 0 Å². The molecule has 0 spiro atoms. The van der Waals surface area contributed by atoms with E-state index in [9.17, 15) is 0 Å². The third-order valence-corrected chi connectivity index (χ3v) is 6.12. The fourth-order valence-corrected chi connectivity index (χ4v) is 5.04. The maximum absolute atomic E-state index is 2.53. The van der Waals surface area contributed by atoms with E-state index in [4.69, 9.17) is 0 Å². The highest BCUT2D eigenvalue weighted by atomic mass is 127. The molecule has 0 aromatic carbocycles. The fourth-order valence-electron chi connectivity index (χ4n) is 1.58. The second kappa shape index (κ2) is 6.50. The summed E-state index contributed by atoms with van der Waals surface area (Å²) in [5.41, 5.74) is 0. The zero-order valence-electron chi connectivity index (χ0n) is 8.16. The second-order valence-electron chi connectivity index (χ2n) is 3.22. The van der Waals surface area contributed by atoms with Crippen molar-refractivity contribution in [3.8, 4) is 0 Å². The zero-order valence-corrected chi connectivity index (χ0v) is 12.8. The molecule has 14 heavy (non-hydrogen) atoms. The first-order chi connectivity index (χ1) is 6.40. The van der Waals surface area contributed by atoms with Gasteiger partial charge in [0.05, 0.1) is 4.21 Å². The molecule has 1 nitrogen and oxygen atoms in total. The Morgan fingerprint density at radius 1 is 1.21 bits per heavy atom. The predicted octanol–water partition coefficient (Wildman–Crippen LogP) is -0.508. The monoisotopic (exact) mass is 359 g/mol. The van der Waals surface area contributed by atoms with Crippen molar-refractivity contribution in [2.75, 3.05) is 19.3 Å². The first kappa shape index (κ1) is 13.0. The van der Waals surface area contributed by atoms with Crippen LogP contribution in [0.1, 0.15) is 19.3 Å². The molecule has 0 aliphatic carbocycles. The zero-order chi connectivity index (χ0) is 9.10. The topological polar surface area (TPSA) is 3.01 Å². The van der Waals surface area contributed by atoms with E-state index >= 15 is 0 Å². The second-order valence-corrected chi connectivity index (χ2v) is 6.52. The van der Waals surface area contributed by atoms with Crippen molar-refractivity contribution in [1.29, 1.82) is 0 Å². The third kappa shape index (κ3) is 3.21. The van der Waals surface area contributed by atoms with Gasteiger partial charge in [0.25, 0.3) is 4.67 Å². The van der Waals surface area contributed by atoms with Crippen LogP contribution < -0.4 is 33.2 Å². The van der Waals surface area contributed by atoms with E-state index in [1.165, 1.54) is 41.2 Å². The van der Waals surface area contributed by atoms with Crippen LogP contribution in [0.2, 0.25) is 0 Å². The molecule has 80 valence electrons. The van der Waals surface area contributed by atoms with Crippen molar-refractivity contribution < 1.29 is 24.0 Å². The molecule has 1 aromatic heterocycles. The van der Waals surface area contributed by atoms with Gasteiger partial charge in [-0.3, -0.25) is 0 Å². The maximum Gasteiger partial charge on any atom is 0.268 e. The lowest BCUT2D eigenvalue weighted by molar-refractivity contribution is -0.00000255. The smallest absolute Gasteiger partial charge is 0.268 e. The number of hydrogen-bond acceptors (Lipinski definition) is 3. The first-order valence-corrected chi connectivity index (χ1v) is 8.00. The molecule has 1 saturated heterocycles. The van der Waals surface area contributed by atoms with Crippen LogP contribution in [0, 0.1) is 0 Å². The van der Waals surface area contributed by atoms with Crippen molar-refractivity contribution in [2.45, 2.75) is 23.5 Å². The predicted molar refractivity (Wildman–Crippen MR) is 62.8 cm³/mol. The number of rotatable bonds is 1. The summed E-state index contributed by atoms with van der Waals surface area (Å²) in [6.45, 7) is 2.53. The van der Waals surface area contributed by atoms with Crippen LogP contribution in [-0.2, 0) is 0 Å². The Kier molecular flexibility index (Phi) is 6.03. The lowest BCUT2D eigenvalue weighted by Gasteiger charge is -2.07. The first-order valence-electron chi connectivity index (χ1n) is 4.62. The molecule has 0 N–H and O–H groups in total. The molecule has 5 heteroatoms. The molecule has 1 aliphatic heterocycles. The van der Waals surface area contributed by atoms with Crippen molar-refractivity contribution in [2.24, 2.45) is 0 Å². The normalized spacial score (nSPS) is 16.5. The van der Waals surface area contributed by atoms with E-state index in [1.54, 1.807) is 0 Å². The molecular weight excluding hydrogens is 345 g/mol. The summed E-state index contributed by atoms with van der Waals surface area (Å²) in [6.07, 6.45) is 6.31. The minimum Gasteiger partial charge on any atom is -1.00 e. The summed E-state index contributed by atoms with van der Waals surface area (Å²) in [7, 11) is 3.83. The molecule has 0 amide bonds. The summed E-state index contributed by atoms with van der Waals surface area (Å²) in [6, 6.07) is 2.34. The summed E-state index contributed by atoms with van der Waals surface area (Å²) < 4.78 is 5.46. The summed E-state index contributed by atoms with van der Waals surface area (Å²) in [5.74, 6) is 0. The molecular formula is C9H14INS3. The van der Waals surface area contributed by atoms with Gasteiger partial charge >= 0.3 is 0 Å². The molecule has 1 aliphatic rings. The molecule has 0 bridgehead atoms. The van der Waals surface area contributed by atoms with E-state index in [0.29, 0.717) is 0 Å². The third-order valence-electron chi connectivity index (χ3n) is 2.32. The van der Waals surface area contributed by atoms with Gasteiger partial charge in [-0.2, -0.15) is 0 Å². The average molecular weight is 359 g/mol. The Labute approximate surface area is 114 Å². The highest BCUT2D eigenvalue weighted by Crippen LogP contribution is 2.21. The van der Waals surface area contributed by atoms with Gasteiger partial charge in [0, 0.05) is 18.9 Å². The van der Waals surface area contributed by atoms with Crippen molar-refractivity contribution >= 4 is 32.4 Å². The van der Waals surface area contributed by atoms with Crippen molar-refractivity contribution in [3.63, 3.8) is 0 Å². The lowest BCUT2D eigenvalue weighted by Crippen LogP contribution is -3.00. The molecule has 2 rings (SSSR count). The molecule has 0 atom stereocenters. The van der Waals surface area contributed by atoms with E-state index in [0.717, 1.165) is 0 Å². The Morgan fingerprint density at radius 3 is 2.50 bits per heavy atom. The maximum atomic E-state index is 2.53. The SMILES string of the molecule is CSc1cc(=[N+]2CCCCC2)ss1.[I-]. The van der Waals surface area contributed by atoms with Crippen LogP contribution in [-0.4, -0.2) is 19.3 Å². The number of nitrogens with zero attached hydrogens (tertiary/aromatic N) is 1. The number of halogens is 1. The Morgan fingerprint density at radius 2 is 1.93 bits per heavy atom. The van der Waals surface area contributed by atoms with Gasteiger partial charge in [0.1, 0.15) is 13.1 Å². The molecule has 2 heterocycles. The fraction of sp³-hybridized carbons (Fsp3) is 0.667. The minimum atomic E-state index is 0. The van der Waals surface area contributed by atoms with E-state index < -0.39 is 0 Å². The number of hydrogen-bond donors (Lipinski definition) is 0. The van der Waals surface area contributed by atoms with Gasteiger partial charge in [0.2, 0.25) is 0 Å². The van der Waals surface area contributed by atoms with Crippen LogP contribution in [0.3, 0.4) is 0 Å². The van der Waals surface area contributed by atoms with Crippen LogP contribution in [0.4, 0.5) is 0 Å². The number of thioether (sulfide) groups is 1. The Hall–Kier alpha value is 0.930. The van der Waals surface area contributed by atoms with Gasteiger partial charge in [-0.15, -0.1) is 11.8 Å². The van der Waals surface area contributed by atoms with Gasteiger partial charge in [-0.05, 0) is 23.0 Å². The van der Waals surface area contributed by atoms with Crippen molar-refractivity contribution in [3.05, 3.63) is 10.7 Å². The summed E-state index contributed by atoms with van der Waals surface area (Å²) in [5, 5.41) is 0. The van der Waals surface area contributed by atoms with E-state index in [2.05, 4.69) is 16.9 Å². The highest BCUT2D eigenvalue weighted by molar-refractivity contribution is 8.02. The van der Waals surface area contributed by atoms with E-state index in [1.807, 2.05) is 32.4 Å². The summed E-state index contributed by atoms with van der Waals surface area (Å²) in [4.78, 5) is 0. The van der Waals surface area contributed by atoms with E-state index in [-0.39, 0.29) is 24.0 Å².